The van der Waals surface area contributed by atoms with Crippen molar-refractivity contribution in [3.8, 4) is 0 Å². The van der Waals surface area contributed by atoms with E-state index >= 15 is 0 Å². The fourth-order valence-electron chi connectivity index (χ4n) is 5.24. The van der Waals surface area contributed by atoms with Gasteiger partial charge < -0.3 is 25.8 Å². The molecule has 2 heterocycles. The highest BCUT2D eigenvalue weighted by Crippen LogP contribution is 2.33. The van der Waals surface area contributed by atoms with Gasteiger partial charge in [0.2, 0.25) is 5.91 Å². The van der Waals surface area contributed by atoms with Crippen LogP contribution in [0.1, 0.15) is 73.9 Å². The van der Waals surface area contributed by atoms with E-state index in [1.54, 1.807) is 11.0 Å². The maximum absolute atomic E-state index is 13.3. The van der Waals surface area contributed by atoms with Gasteiger partial charge in [0.25, 0.3) is 5.91 Å². The number of hydrogen-bond donors (Lipinski definition) is 4. The zero-order valence-electron chi connectivity index (χ0n) is 22.7. The van der Waals surface area contributed by atoms with Gasteiger partial charge in [0.1, 0.15) is 17.4 Å². The molecule has 9 nitrogen and oxygen atoms in total. The Morgan fingerprint density at radius 2 is 1.90 bits per heavy atom. The molecule has 0 spiro atoms. The van der Waals surface area contributed by atoms with E-state index in [0.717, 1.165) is 31.2 Å². The SMILES string of the molecule is C=CC(=O)N1CC(NC(=O)c2c(Cl)nc(CNC(=N)c3cc(C(C)(C)C)c(Cl)cc3N)n2CC2CCCC2)C1. The number of likely N-dealkylation sites (tertiary alicyclic amines) is 1. The second kappa shape index (κ2) is 11.6. The van der Waals surface area contributed by atoms with Crippen molar-refractivity contribution in [2.75, 3.05) is 18.8 Å². The minimum absolute atomic E-state index is 0.119. The van der Waals surface area contributed by atoms with Crippen LogP contribution < -0.4 is 16.4 Å². The molecule has 1 aromatic carbocycles. The molecule has 5 N–H and O–H groups in total. The summed E-state index contributed by atoms with van der Waals surface area (Å²) in [7, 11) is 0. The number of carbonyl (C=O) groups excluding carboxylic acids is 2. The Kier molecular flexibility index (Phi) is 8.61. The summed E-state index contributed by atoms with van der Waals surface area (Å²) in [6, 6.07) is 3.37. The molecule has 0 bridgehead atoms. The second-order valence-corrected chi connectivity index (χ2v) is 12.2. The molecule has 11 heteroatoms. The smallest absolute Gasteiger partial charge is 0.271 e. The summed E-state index contributed by atoms with van der Waals surface area (Å²) < 4.78 is 1.88. The summed E-state index contributed by atoms with van der Waals surface area (Å²) in [5.41, 5.74) is 8.16. The van der Waals surface area contributed by atoms with Crippen molar-refractivity contribution in [2.45, 2.75) is 71.0 Å². The summed E-state index contributed by atoms with van der Waals surface area (Å²) in [5, 5.41) is 15.5. The van der Waals surface area contributed by atoms with Crippen molar-refractivity contribution in [1.29, 1.82) is 5.41 Å². The largest absolute Gasteiger partial charge is 0.398 e. The first kappa shape index (κ1) is 29.0. The van der Waals surface area contributed by atoms with E-state index in [0.29, 0.717) is 53.3 Å². The predicted octanol–water partition coefficient (Wildman–Crippen LogP) is 4.50. The van der Waals surface area contributed by atoms with Crippen LogP contribution >= 0.6 is 23.2 Å². The van der Waals surface area contributed by atoms with Crippen LogP contribution in [0.3, 0.4) is 0 Å². The molecule has 1 saturated heterocycles. The van der Waals surface area contributed by atoms with Crippen molar-refractivity contribution in [3.05, 3.63) is 57.6 Å². The van der Waals surface area contributed by atoms with E-state index in [1.807, 2.05) is 10.6 Å². The summed E-state index contributed by atoms with van der Waals surface area (Å²) in [5.74, 6) is 0.651. The van der Waals surface area contributed by atoms with Crippen LogP contribution in [-0.4, -0.2) is 51.2 Å². The Balaban J connectivity index is 1.53. The molecule has 1 aromatic heterocycles. The van der Waals surface area contributed by atoms with Gasteiger partial charge in [-0.2, -0.15) is 0 Å². The van der Waals surface area contributed by atoms with E-state index in [1.165, 1.54) is 6.08 Å². The number of aromatic nitrogens is 2. The molecule has 210 valence electrons. The Hall–Kier alpha value is -3.04. The van der Waals surface area contributed by atoms with Crippen LogP contribution in [0.15, 0.2) is 24.8 Å². The Morgan fingerprint density at radius 1 is 1.23 bits per heavy atom. The minimum Gasteiger partial charge on any atom is -0.398 e. The van der Waals surface area contributed by atoms with Gasteiger partial charge in [-0.1, -0.05) is 63.4 Å². The normalized spacial score (nSPS) is 16.2. The topological polar surface area (TPSA) is 129 Å². The molecule has 2 aromatic rings. The first-order valence-corrected chi connectivity index (χ1v) is 14.0. The van der Waals surface area contributed by atoms with Crippen LogP contribution in [0.2, 0.25) is 10.2 Å². The van der Waals surface area contributed by atoms with Crippen LogP contribution in [0.5, 0.6) is 0 Å². The molecule has 0 atom stereocenters. The number of halogens is 2. The molecule has 1 aliphatic heterocycles. The maximum Gasteiger partial charge on any atom is 0.271 e. The Bertz CT molecular complexity index is 1290. The average Bonchev–Trinajstić information content (AvgIpc) is 3.45. The highest BCUT2D eigenvalue weighted by atomic mass is 35.5. The van der Waals surface area contributed by atoms with Gasteiger partial charge in [-0.15, -0.1) is 0 Å². The third-order valence-corrected chi connectivity index (χ3v) is 8.05. The zero-order chi connectivity index (χ0) is 28.5. The maximum atomic E-state index is 13.3. The number of nitrogens with zero attached hydrogens (tertiary/aromatic N) is 3. The van der Waals surface area contributed by atoms with Gasteiger partial charge in [-0.3, -0.25) is 15.0 Å². The fraction of sp³-hybridized carbons (Fsp3) is 0.500. The summed E-state index contributed by atoms with van der Waals surface area (Å²) in [6.07, 6.45) is 5.75. The monoisotopic (exact) mass is 573 g/mol. The average molecular weight is 575 g/mol. The number of benzene rings is 1. The van der Waals surface area contributed by atoms with Crippen LogP contribution in [-0.2, 0) is 23.3 Å². The van der Waals surface area contributed by atoms with Crippen LogP contribution in [0.4, 0.5) is 5.69 Å². The molecule has 2 aliphatic rings. The molecule has 4 rings (SSSR count). The number of amides is 2. The third kappa shape index (κ3) is 6.41. The molecule has 0 unspecified atom stereocenters. The van der Waals surface area contributed by atoms with Gasteiger partial charge in [0.15, 0.2) is 5.15 Å². The van der Waals surface area contributed by atoms with Crippen molar-refractivity contribution in [3.63, 3.8) is 0 Å². The minimum atomic E-state index is -0.320. The van der Waals surface area contributed by atoms with Crippen LogP contribution in [0.25, 0.3) is 0 Å². The van der Waals surface area contributed by atoms with E-state index < -0.39 is 0 Å². The fourth-order valence-corrected chi connectivity index (χ4v) is 5.98. The lowest BCUT2D eigenvalue weighted by molar-refractivity contribution is -0.130. The Morgan fingerprint density at radius 3 is 2.51 bits per heavy atom. The number of amidine groups is 1. The molecule has 1 aliphatic carbocycles. The highest BCUT2D eigenvalue weighted by Gasteiger charge is 2.33. The number of rotatable bonds is 8. The summed E-state index contributed by atoms with van der Waals surface area (Å²) in [6.45, 7) is 11.3. The lowest BCUT2D eigenvalue weighted by atomic mass is 9.85. The van der Waals surface area contributed by atoms with Crippen molar-refractivity contribution < 1.29 is 9.59 Å². The number of nitrogens with one attached hydrogen (secondary N) is 3. The third-order valence-electron chi connectivity index (χ3n) is 7.48. The molecular weight excluding hydrogens is 537 g/mol. The number of anilines is 1. The van der Waals surface area contributed by atoms with Gasteiger partial charge >= 0.3 is 0 Å². The molecule has 2 fully saturated rings. The van der Waals surface area contributed by atoms with Crippen LogP contribution in [0, 0.1) is 11.3 Å². The molecule has 2 amide bonds. The first-order chi connectivity index (χ1) is 18.4. The van der Waals surface area contributed by atoms with Gasteiger partial charge in [-0.05, 0) is 47.9 Å². The lowest BCUT2D eigenvalue weighted by Crippen LogP contribution is -2.60. The molecule has 0 radical (unpaired) electrons. The number of imidazole rings is 1. The van der Waals surface area contributed by atoms with E-state index in [-0.39, 0.29) is 40.8 Å². The number of nitrogens with two attached hydrogens (primary N) is 1. The summed E-state index contributed by atoms with van der Waals surface area (Å²) in [4.78, 5) is 31.2. The number of hydrogen-bond acceptors (Lipinski definition) is 5. The van der Waals surface area contributed by atoms with E-state index in [4.69, 9.17) is 34.3 Å². The standard InChI is InChI=1S/C28H37Cl2N7O2/c1-5-23(38)36-14-17(15-36)34-27(39)24-25(30)35-22(37(24)13-16-8-6-7-9-16)12-33-26(32)18-10-19(28(2,3)4)20(29)11-21(18)31/h5,10-11,16-17H,1,6-9,12-15,31H2,2-4H3,(H2,32,33)(H,34,39). The molecule has 39 heavy (non-hydrogen) atoms. The highest BCUT2D eigenvalue weighted by molar-refractivity contribution is 6.32. The predicted molar refractivity (Wildman–Crippen MR) is 155 cm³/mol. The summed E-state index contributed by atoms with van der Waals surface area (Å²) >= 11 is 13.0. The molecular formula is C28H37Cl2N7O2. The van der Waals surface area contributed by atoms with Crippen molar-refractivity contribution in [1.82, 2.24) is 25.1 Å². The van der Waals surface area contributed by atoms with Crippen molar-refractivity contribution >= 4 is 46.5 Å². The van der Waals surface area contributed by atoms with Gasteiger partial charge in [0.05, 0.1) is 12.6 Å². The quantitative estimate of drug-likeness (QED) is 0.160. The second-order valence-electron chi connectivity index (χ2n) is 11.4. The van der Waals surface area contributed by atoms with E-state index in [9.17, 15) is 9.59 Å². The first-order valence-electron chi connectivity index (χ1n) is 13.3. The number of nitrogen functional groups attached to an aromatic ring is 1. The van der Waals surface area contributed by atoms with Crippen molar-refractivity contribution in [2.24, 2.45) is 5.92 Å². The zero-order valence-corrected chi connectivity index (χ0v) is 24.3. The lowest BCUT2D eigenvalue weighted by Gasteiger charge is -2.38. The molecule has 1 saturated carbocycles. The number of carbonyl (C=O) groups is 2. The van der Waals surface area contributed by atoms with Gasteiger partial charge in [-0.25, -0.2) is 4.98 Å². The van der Waals surface area contributed by atoms with Gasteiger partial charge in [0, 0.05) is 35.9 Å². The van der Waals surface area contributed by atoms with E-state index in [2.05, 4.69) is 43.0 Å². The Labute approximate surface area is 239 Å².